The third-order valence-corrected chi connectivity index (χ3v) is 2.28. The SMILES string of the molecule is CCOC(=O)C(CC)NCc1ccn(C)n1. The average molecular weight is 225 g/mol. The Morgan fingerprint density at radius 3 is 2.88 bits per heavy atom. The minimum absolute atomic E-state index is 0.194. The maximum absolute atomic E-state index is 11.5. The molecule has 0 aliphatic rings. The van der Waals surface area contributed by atoms with Gasteiger partial charge in [0.2, 0.25) is 0 Å². The second kappa shape index (κ2) is 6.27. The highest BCUT2D eigenvalue weighted by atomic mass is 16.5. The van der Waals surface area contributed by atoms with Gasteiger partial charge in [-0.1, -0.05) is 6.92 Å². The maximum atomic E-state index is 11.5. The summed E-state index contributed by atoms with van der Waals surface area (Å²) in [5.74, 6) is -0.194. The van der Waals surface area contributed by atoms with Gasteiger partial charge in [0.05, 0.1) is 12.3 Å². The van der Waals surface area contributed by atoms with Gasteiger partial charge in [0, 0.05) is 19.8 Å². The van der Waals surface area contributed by atoms with Crippen LogP contribution in [0.3, 0.4) is 0 Å². The van der Waals surface area contributed by atoms with Gasteiger partial charge >= 0.3 is 5.97 Å². The molecule has 0 saturated heterocycles. The molecule has 1 rings (SSSR count). The molecule has 5 nitrogen and oxygen atoms in total. The normalized spacial score (nSPS) is 12.4. The largest absolute Gasteiger partial charge is 0.465 e. The van der Waals surface area contributed by atoms with Gasteiger partial charge in [-0.05, 0) is 19.4 Å². The molecule has 1 aromatic rings. The number of rotatable bonds is 6. The fourth-order valence-corrected chi connectivity index (χ4v) is 1.42. The summed E-state index contributed by atoms with van der Waals surface area (Å²) in [4.78, 5) is 11.5. The van der Waals surface area contributed by atoms with Crippen molar-refractivity contribution in [3.05, 3.63) is 18.0 Å². The van der Waals surface area contributed by atoms with E-state index in [0.29, 0.717) is 19.6 Å². The summed E-state index contributed by atoms with van der Waals surface area (Å²) in [5, 5.41) is 7.36. The summed E-state index contributed by atoms with van der Waals surface area (Å²) >= 11 is 0. The number of nitrogens with one attached hydrogen (secondary N) is 1. The smallest absolute Gasteiger partial charge is 0.323 e. The molecule has 1 heterocycles. The van der Waals surface area contributed by atoms with Gasteiger partial charge < -0.3 is 4.74 Å². The highest BCUT2D eigenvalue weighted by Gasteiger charge is 2.16. The Kier molecular flexibility index (Phi) is 4.98. The lowest BCUT2D eigenvalue weighted by molar-refractivity contribution is -0.145. The fourth-order valence-electron chi connectivity index (χ4n) is 1.42. The van der Waals surface area contributed by atoms with E-state index in [2.05, 4.69) is 10.4 Å². The first-order chi connectivity index (χ1) is 7.67. The van der Waals surface area contributed by atoms with Crippen LogP contribution in [0.25, 0.3) is 0 Å². The maximum Gasteiger partial charge on any atom is 0.323 e. The molecule has 0 aromatic carbocycles. The molecule has 0 spiro atoms. The van der Waals surface area contributed by atoms with Gasteiger partial charge in [-0.15, -0.1) is 0 Å². The van der Waals surface area contributed by atoms with Gasteiger partial charge in [0.25, 0.3) is 0 Å². The van der Waals surface area contributed by atoms with Gasteiger partial charge in [-0.2, -0.15) is 5.10 Å². The molecule has 0 saturated carbocycles. The zero-order valence-corrected chi connectivity index (χ0v) is 10.1. The van der Waals surface area contributed by atoms with Crippen molar-refractivity contribution in [3.63, 3.8) is 0 Å². The van der Waals surface area contributed by atoms with Crippen LogP contribution in [0.2, 0.25) is 0 Å². The third kappa shape index (κ3) is 3.66. The zero-order valence-electron chi connectivity index (χ0n) is 10.1. The van der Waals surface area contributed by atoms with Gasteiger partial charge in [0.15, 0.2) is 0 Å². The predicted molar refractivity (Wildman–Crippen MR) is 60.8 cm³/mol. The van der Waals surface area contributed by atoms with Crippen molar-refractivity contribution >= 4 is 5.97 Å². The first kappa shape index (κ1) is 12.7. The van der Waals surface area contributed by atoms with Crippen molar-refractivity contribution in [3.8, 4) is 0 Å². The van der Waals surface area contributed by atoms with Crippen LogP contribution in [0.4, 0.5) is 0 Å². The Labute approximate surface area is 95.8 Å². The van der Waals surface area contributed by atoms with E-state index in [-0.39, 0.29) is 12.0 Å². The Morgan fingerprint density at radius 2 is 2.38 bits per heavy atom. The summed E-state index contributed by atoms with van der Waals surface area (Å²) in [6.07, 6.45) is 2.59. The number of aromatic nitrogens is 2. The number of hydrogen-bond donors (Lipinski definition) is 1. The molecule has 0 aliphatic carbocycles. The van der Waals surface area contributed by atoms with Gasteiger partial charge in [-0.25, -0.2) is 0 Å². The summed E-state index contributed by atoms with van der Waals surface area (Å²) < 4.78 is 6.70. The first-order valence-electron chi connectivity index (χ1n) is 5.55. The van der Waals surface area contributed by atoms with E-state index in [1.165, 1.54) is 0 Å². The first-order valence-corrected chi connectivity index (χ1v) is 5.55. The summed E-state index contributed by atoms with van der Waals surface area (Å²) in [5.41, 5.74) is 0.922. The van der Waals surface area contributed by atoms with E-state index >= 15 is 0 Å². The number of nitrogens with zero attached hydrogens (tertiary/aromatic N) is 2. The number of carbonyl (C=O) groups excluding carboxylic acids is 1. The molecule has 0 radical (unpaired) electrons. The second-order valence-electron chi connectivity index (χ2n) is 3.57. The molecule has 5 heteroatoms. The third-order valence-electron chi connectivity index (χ3n) is 2.28. The zero-order chi connectivity index (χ0) is 12.0. The van der Waals surface area contributed by atoms with Crippen molar-refractivity contribution in [1.82, 2.24) is 15.1 Å². The molecule has 1 atom stereocenters. The van der Waals surface area contributed by atoms with E-state index < -0.39 is 0 Å². The number of esters is 1. The lowest BCUT2D eigenvalue weighted by atomic mass is 10.2. The van der Waals surface area contributed by atoms with Crippen LogP contribution in [0.5, 0.6) is 0 Å². The van der Waals surface area contributed by atoms with Crippen LogP contribution >= 0.6 is 0 Å². The number of ether oxygens (including phenoxy) is 1. The molecule has 0 bridgehead atoms. The summed E-state index contributed by atoms with van der Waals surface area (Å²) in [7, 11) is 1.87. The van der Waals surface area contributed by atoms with Crippen LogP contribution in [0, 0.1) is 0 Å². The van der Waals surface area contributed by atoms with Crippen molar-refractivity contribution in [2.75, 3.05) is 6.61 Å². The second-order valence-corrected chi connectivity index (χ2v) is 3.57. The minimum Gasteiger partial charge on any atom is -0.465 e. The van der Waals surface area contributed by atoms with Gasteiger partial charge in [-0.3, -0.25) is 14.8 Å². The van der Waals surface area contributed by atoms with Crippen molar-refractivity contribution < 1.29 is 9.53 Å². The lowest BCUT2D eigenvalue weighted by Gasteiger charge is -2.14. The Bertz CT molecular complexity index is 336. The topological polar surface area (TPSA) is 56.1 Å². The molecule has 16 heavy (non-hydrogen) atoms. The minimum atomic E-state index is -0.248. The Hall–Kier alpha value is -1.36. The monoisotopic (exact) mass is 225 g/mol. The van der Waals surface area contributed by atoms with Crippen LogP contribution in [-0.2, 0) is 23.1 Å². The van der Waals surface area contributed by atoms with Crippen molar-refractivity contribution in [2.24, 2.45) is 7.05 Å². The molecule has 1 N–H and O–H groups in total. The van der Waals surface area contributed by atoms with E-state index in [1.54, 1.807) is 4.68 Å². The Balaban J connectivity index is 2.42. The van der Waals surface area contributed by atoms with E-state index in [4.69, 9.17) is 4.74 Å². The van der Waals surface area contributed by atoms with Crippen LogP contribution < -0.4 is 5.32 Å². The summed E-state index contributed by atoms with van der Waals surface area (Å²) in [6, 6.07) is 1.67. The molecule has 0 aliphatic heterocycles. The molecular weight excluding hydrogens is 206 g/mol. The Morgan fingerprint density at radius 1 is 1.62 bits per heavy atom. The highest BCUT2D eigenvalue weighted by Crippen LogP contribution is 1.99. The lowest BCUT2D eigenvalue weighted by Crippen LogP contribution is -2.37. The number of hydrogen-bond acceptors (Lipinski definition) is 4. The predicted octanol–water partition coefficient (Wildman–Crippen LogP) is 0.851. The van der Waals surface area contributed by atoms with Crippen molar-refractivity contribution in [2.45, 2.75) is 32.9 Å². The van der Waals surface area contributed by atoms with E-state index in [1.807, 2.05) is 33.2 Å². The van der Waals surface area contributed by atoms with Crippen molar-refractivity contribution in [1.29, 1.82) is 0 Å². The number of aryl methyl sites for hydroxylation is 1. The van der Waals surface area contributed by atoms with E-state index in [0.717, 1.165) is 5.69 Å². The van der Waals surface area contributed by atoms with Gasteiger partial charge in [0.1, 0.15) is 6.04 Å². The standard InChI is InChI=1S/C11H19N3O2/c1-4-10(11(15)16-5-2)12-8-9-6-7-14(3)13-9/h6-7,10,12H,4-5,8H2,1-3H3. The molecule has 1 aromatic heterocycles. The summed E-state index contributed by atoms with van der Waals surface area (Å²) in [6.45, 7) is 4.76. The average Bonchev–Trinajstić information content (AvgIpc) is 2.65. The highest BCUT2D eigenvalue weighted by molar-refractivity contribution is 5.75. The molecule has 90 valence electrons. The fraction of sp³-hybridized carbons (Fsp3) is 0.636. The van der Waals surface area contributed by atoms with E-state index in [9.17, 15) is 4.79 Å². The quantitative estimate of drug-likeness (QED) is 0.729. The van der Waals surface area contributed by atoms with Crippen LogP contribution in [-0.4, -0.2) is 28.4 Å². The molecular formula is C11H19N3O2. The number of carbonyl (C=O) groups is 1. The van der Waals surface area contributed by atoms with Crippen LogP contribution in [0.1, 0.15) is 26.0 Å². The van der Waals surface area contributed by atoms with Crippen LogP contribution in [0.15, 0.2) is 12.3 Å². The molecule has 0 amide bonds. The molecule has 1 unspecified atom stereocenters. The molecule has 0 fully saturated rings.